The Morgan fingerprint density at radius 1 is 1.00 bits per heavy atom. The average Bonchev–Trinajstić information content (AvgIpc) is 2.89. The lowest BCUT2D eigenvalue weighted by Crippen LogP contribution is -2.29. The monoisotopic (exact) mass is 460 g/mol. The first-order chi connectivity index (χ1) is 15.4. The maximum atomic E-state index is 13.9. The molecule has 0 bridgehead atoms. The van der Waals surface area contributed by atoms with Crippen LogP contribution in [-0.2, 0) is 14.6 Å². The normalized spacial score (nSPS) is 25.8. The summed E-state index contributed by atoms with van der Waals surface area (Å²) in [5, 5.41) is 0. The molecule has 0 aromatic heterocycles. The molecule has 3 nitrogen and oxygen atoms in total. The molecule has 180 valence electrons. The van der Waals surface area contributed by atoms with Crippen molar-refractivity contribution in [3.05, 3.63) is 58.5 Å². The third-order valence-electron chi connectivity index (χ3n) is 7.00. The Kier molecular flexibility index (Phi) is 11.2. The molecule has 1 aromatic rings. The third-order valence-corrected chi connectivity index (χ3v) is 9.06. The summed E-state index contributed by atoms with van der Waals surface area (Å²) in [6.45, 7) is 6.99. The number of hydrogen-bond acceptors (Lipinski definition) is 3. The van der Waals surface area contributed by atoms with E-state index in [0.29, 0.717) is 11.5 Å². The molecule has 1 heterocycles. The van der Waals surface area contributed by atoms with E-state index in [-0.39, 0.29) is 17.1 Å². The number of allylic oxidation sites excluding steroid dienone is 2. The van der Waals surface area contributed by atoms with Crippen molar-refractivity contribution < 1.29 is 13.2 Å². The van der Waals surface area contributed by atoms with Gasteiger partial charge in [-0.05, 0) is 48.7 Å². The van der Waals surface area contributed by atoms with Crippen LogP contribution in [0.2, 0.25) is 0 Å². The first-order valence-corrected chi connectivity index (χ1v) is 14.3. The zero-order chi connectivity index (χ0) is 23.5. The van der Waals surface area contributed by atoms with Crippen LogP contribution in [0.15, 0.2) is 53.0 Å². The van der Waals surface area contributed by atoms with Crippen LogP contribution in [0.4, 0.5) is 0 Å². The van der Waals surface area contributed by atoms with Gasteiger partial charge in [0.15, 0.2) is 9.84 Å². The topological polar surface area (TPSA) is 43.4 Å². The quantitative estimate of drug-likeness (QED) is 0.302. The van der Waals surface area contributed by atoms with Gasteiger partial charge < -0.3 is 4.74 Å². The second-order valence-corrected chi connectivity index (χ2v) is 11.4. The number of hydrogen-bond donors (Lipinski definition) is 0. The summed E-state index contributed by atoms with van der Waals surface area (Å²) >= 11 is 0. The van der Waals surface area contributed by atoms with E-state index in [2.05, 4.69) is 45.0 Å². The van der Waals surface area contributed by atoms with Crippen LogP contribution < -0.4 is 0 Å². The molecule has 4 heteroatoms. The fourth-order valence-corrected chi connectivity index (χ4v) is 7.42. The molecule has 0 amide bonds. The third kappa shape index (κ3) is 7.31. The summed E-state index contributed by atoms with van der Waals surface area (Å²) < 4.78 is 33.1. The summed E-state index contributed by atoms with van der Waals surface area (Å²) in [6.07, 6.45) is 14.3. The maximum Gasteiger partial charge on any atom is 0.178 e. The van der Waals surface area contributed by atoms with Gasteiger partial charge in [0.25, 0.3) is 0 Å². The molecule has 0 saturated carbocycles. The summed E-state index contributed by atoms with van der Waals surface area (Å²) in [7, 11) is -1.71. The fourth-order valence-electron chi connectivity index (χ4n) is 5.03. The van der Waals surface area contributed by atoms with E-state index in [0.717, 1.165) is 56.9 Å². The molecular formula is C28H44O3S. The largest absolute Gasteiger partial charge is 0.381 e. The van der Waals surface area contributed by atoms with Crippen molar-refractivity contribution >= 4 is 9.84 Å². The lowest BCUT2D eigenvalue weighted by molar-refractivity contribution is 0.231. The lowest BCUT2D eigenvalue weighted by atomic mass is 9.71. The van der Waals surface area contributed by atoms with Gasteiger partial charge in [0, 0.05) is 13.0 Å². The predicted octanol–water partition coefficient (Wildman–Crippen LogP) is 7.60. The van der Waals surface area contributed by atoms with Crippen LogP contribution in [0.1, 0.15) is 96.5 Å². The first-order valence-electron chi connectivity index (χ1n) is 12.6. The minimum absolute atomic E-state index is 0.0716. The van der Waals surface area contributed by atoms with Gasteiger partial charge >= 0.3 is 0 Å². The molecule has 32 heavy (non-hydrogen) atoms. The van der Waals surface area contributed by atoms with Crippen LogP contribution in [0, 0.1) is 5.41 Å². The molecule has 0 unspecified atom stereocenters. The highest BCUT2D eigenvalue weighted by molar-refractivity contribution is 7.95. The number of sulfone groups is 1. The van der Waals surface area contributed by atoms with E-state index in [1.165, 1.54) is 18.4 Å². The van der Waals surface area contributed by atoms with E-state index in [9.17, 15) is 8.42 Å². The zero-order valence-corrected chi connectivity index (χ0v) is 21.6. The summed E-state index contributed by atoms with van der Waals surface area (Å²) in [5.41, 5.74) is 1.96. The smallest absolute Gasteiger partial charge is 0.178 e. The molecule has 1 aliphatic heterocycles. The Morgan fingerprint density at radius 3 is 2.34 bits per heavy atom. The zero-order valence-electron chi connectivity index (χ0n) is 20.7. The summed E-state index contributed by atoms with van der Waals surface area (Å²) in [5.74, 6) is 0.327. The van der Waals surface area contributed by atoms with Gasteiger partial charge in [-0.15, -0.1) is 0 Å². The van der Waals surface area contributed by atoms with Crippen LogP contribution in [0.25, 0.3) is 0 Å². The Hall–Kier alpha value is -1.39. The predicted molar refractivity (Wildman–Crippen MR) is 137 cm³/mol. The Balaban J connectivity index is 2.60. The van der Waals surface area contributed by atoms with Gasteiger partial charge in [-0.25, -0.2) is 8.42 Å². The van der Waals surface area contributed by atoms with Crippen LogP contribution >= 0.6 is 0 Å². The Labute approximate surface area is 197 Å². The van der Waals surface area contributed by atoms with Crippen molar-refractivity contribution in [3.8, 4) is 0 Å². The highest BCUT2D eigenvalue weighted by atomic mass is 32.2. The number of rotatable bonds is 12. The SMILES string of the molecule is CCCCCCC=C1/C(=C\COC)[C@@H](c2ccccc2)C[C@](CC)(CCCC)CS1(=O)=O. The van der Waals surface area contributed by atoms with Crippen molar-refractivity contribution in [2.24, 2.45) is 5.41 Å². The molecule has 1 fully saturated rings. The van der Waals surface area contributed by atoms with E-state index < -0.39 is 9.84 Å². The average molecular weight is 461 g/mol. The second-order valence-electron chi connectivity index (χ2n) is 9.42. The van der Waals surface area contributed by atoms with Crippen molar-refractivity contribution in [3.63, 3.8) is 0 Å². The number of unbranched alkanes of at least 4 members (excludes halogenated alkanes) is 5. The van der Waals surface area contributed by atoms with Gasteiger partial charge in [-0.2, -0.15) is 0 Å². The van der Waals surface area contributed by atoms with Crippen LogP contribution in [0.3, 0.4) is 0 Å². The van der Waals surface area contributed by atoms with E-state index in [1.54, 1.807) is 7.11 Å². The van der Waals surface area contributed by atoms with Gasteiger partial charge in [0.05, 0.1) is 17.3 Å². The molecule has 0 spiro atoms. The molecular weight excluding hydrogens is 416 g/mol. The van der Waals surface area contributed by atoms with Gasteiger partial charge in [-0.3, -0.25) is 0 Å². The van der Waals surface area contributed by atoms with E-state index >= 15 is 0 Å². The van der Waals surface area contributed by atoms with Gasteiger partial charge in [-0.1, -0.05) is 95.4 Å². The Bertz CT molecular complexity index is 839. The molecule has 2 atom stereocenters. The molecule has 1 aromatic carbocycles. The van der Waals surface area contributed by atoms with E-state index in [4.69, 9.17) is 4.74 Å². The van der Waals surface area contributed by atoms with E-state index in [1.807, 2.05) is 18.2 Å². The summed E-state index contributed by atoms with van der Waals surface area (Å²) in [6, 6.07) is 10.5. The number of methoxy groups -OCH3 is 1. The highest BCUT2D eigenvalue weighted by Crippen LogP contribution is 2.49. The standard InChI is InChI=1S/C28H44O3S/c1-5-8-10-11-15-18-27-25(19-21-31-4)26(24-16-13-12-14-17-24)22-28(7-3,20-9-6-2)23-32(27,29)30/h12-14,16-19,26H,5-11,15,20-23H2,1-4H3/b25-19-,27-18?/t26-,28+/m1/s1. The van der Waals surface area contributed by atoms with Gasteiger partial charge in [0.1, 0.15) is 0 Å². The van der Waals surface area contributed by atoms with Crippen LogP contribution in [-0.4, -0.2) is 27.9 Å². The van der Waals surface area contributed by atoms with Crippen molar-refractivity contribution in [2.45, 2.75) is 90.9 Å². The number of benzene rings is 1. The first kappa shape index (κ1) is 26.9. The second kappa shape index (κ2) is 13.3. The van der Waals surface area contributed by atoms with Crippen LogP contribution in [0.5, 0.6) is 0 Å². The number of ether oxygens (including phenoxy) is 1. The molecule has 2 rings (SSSR count). The molecule has 0 radical (unpaired) electrons. The fraction of sp³-hybridized carbons (Fsp3) is 0.643. The summed E-state index contributed by atoms with van der Waals surface area (Å²) in [4.78, 5) is 0.562. The van der Waals surface area contributed by atoms with Gasteiger partial charge in [0.2, 0.25) is 0 Å². The molecule has 0 aliphatic carbocycles. The molecule has 1 saturated heterocycles. The Morgan fingerprint density at radius 2 is 1.72 bits per heavy atom. The van der Waals surface area contributed by atoms with Crippen molar-refractivity contribution in [2.75, 3.05) is 19.5 Å². The van der Waals surface area contributed by atoms with Crippen molar-refractivity contribution in [1.82, 2.24) is 0 Å². The minimum Gasteiger partial charge on any atom is -0.381 e. The lowest BCUT2D eigenvalue weighted by Gasteiger charge is -2.34. The minimum atomic E-state index is -3.39. The maximum absolute atomic E-state index is 13.9. The molecule has 1 aliphatic rings. The van der Waals surface area contributed by atoms with Crippen molar-refractivity contribution in [1.29, 1.82) is 0 Å². The highest BCUT2D eigenvalue weighted by Gasteiger charge is 2.43. The molecule has 0 N–H and O–H groups in total.